The smallest absolute Gasteiger partial charge is 0.319 e. The Kier molecular flexibility index (Phi) is 5.72. The minimum atomic E-state index is -0.740. The molecule has 8 nitrogen and oxygen atoms in total. The summed E-state index contributed by atoms with van der Waals surface area (Å²) >= 11 is 0. The van der Waals surface area contributed by atoms with Gasteiger partial charge in [-0.05, 0) is 60.2 Å². The maximum Gasteiger partial charge on any atom is 0.319 e. The second-order valence-corrected chi connectivity index (χ2v) is 7.69. The molecule has 1 aliphatic heterocycles. The molecular weight excluding hydrogens is 415 g/mol. The van der Waals surface area contributed by atoms with Gasteiger partial charge in [0.05, 0.1) is 0 Å². The molecule has 0 radical (unpaired) electrons. The van der Waals surface area contributed by atoms with E-state index in [0.29, 0.717) is 27.6 Å². The molecule has 0 aliphatic carbocycles. The third kappa shape index (κ3) is 4.36. The third-order valence-electron chi connectivity index (χ3n) is 5.41. The van der Waals surface area contributed by atoms with Crippen molar-refractivity contribution in [3.8, 4) is 0 Å². The Balaban J connectivity index is 1.50. The van der Waals surface area contributed by atoms with Crippen LogP contribution in [-0.2, 0) is 16.1 Å². The molecule has 1 aliphatic rings. The van der Waals surface area contributed by atoms with Crippen molar-refractivity contribution in [2.45, 2.75) is 32.4 Å². The Labute approximate surface area is 182 Å². The maximum atomic E-state index is 13.4. The first-order valence-electron chi connectivity index (χ1n) is 10.1. The number of imide groups is 1. The van der Waals surface area contributed by atoms with E-state index in [9.17, 15) is 23.6 Å². The molecule has 9 heteroatoms. The van der Waals surface area contributed by atoms with Crippen LogP contribution in [0.4, 0.5) is 14.9 Å². The molecule has 1 aromatic heterocycles. The minimum Gasteiger partial charge on any atom is -0.334 e. The summed E-state index contributed by atoms with van der Waals surface area (Å²) in [7, 11) is 0. The average Bonchev–Trinajstić information content (AvgIpc) is 2.76. The van der Waals surface area contributed by atoms with Gasteiger partial charge in [-0.2, -0.15) is 0 Å². The Morgan fingerprint density at radius 1 is 1.16 bits per heavy atom. The average molecular weight is 436 g/mol. The number of carbonyl (C=O) groups excluding carboxylic acids is 3. The molecule has 3 aromatic rings. The van der Waals surface area contributed by atoms with E-state index in [1.807, 2.05) is 0 Å². The van der Waals surface area contributed by atoms with Crippen LogP contribution in [0.5, 0.6) is 0 Å². The van der Waals surface area contributed by atoms with E-state index in [2.05, 4.69) is 16.0 Å². The van der Waals surface area contributed by atoms with Crippen LogP contribution in [0, 0.1) is 12.7 Å². The number of amides is 4. The predicted molar refractivity (Wildman–Crippen MR) is 117 cm³/mol. The van der Waals surface area contributed by atoms with Crippen LogP contribution in [0.3, 0.4) is 0 Å². The molecule has 32 heavy (non-hydrogen) atoms. The van der Waals surface area contributed by atoms with Gasteiger partial charge in [-0.25, -0.2) is 9.18 Å². The lowest BCUT2D eigenvalue weighted by atomic mass is 10.0. The van der Waals surface area contributed by atoms with E-state index in [0.717, 1.165) is 0 Å². The molecular formula is C23H21FN4O4. The molecule has 2 aromatic carbocycles. The number of benzene rings is 2. The standard InChI is InChI=1S/C23H21FN4O4/c1-13-10-16(4-5-18(13)24)26-23(32)25-12-14-2-3-15-8-9-28(22(31)17(15)11-14)19-6-7-20(29)27-21(19)30/h2-5,8-11,19H,6-7,12H2,1H3,(H2,25,26,32)(H,27,29,30). The van der Waals surface area contributed by atoms with E-state index in [4.69, 9.17) is 0 Å². The second-order valence-electron chi connectivity index (χ2n) is 7.69. The van der Waals surface area contributed by atoms with Crippen molar-refractivity contribution in [3.63, 3.8) is 0 Å². The van der Waals surface area contributed by atoms with Crippen molar-refractivity contribution in [3.05, 3.63) is 76.0 Å². The first kappa shape index (κ1) is 21.2. The van der Waals surface area contributed by atoms with Crippen molar-refractivity contribution in [1.29, 1.82) is 0 Å². The third-order valence-corrected chi connectivity index (χ3v) is 5.41. The summed E-state index contributed by atoms with van der Waals surface area (Å²) in [5.41, 5.74) is 1.24. The Morgan fingerprint density at radius 2 is 1.97 bits per heavy atom. The lowest BCUT2D eigenvalue weighted by molar-refractivity contribution is -0.135. The number of hydrogen-bond acceptors (Lipinski definition) is 4. The van der Waals surface area contributed by atoms with Gasteiger partial charge in [0.25, 0.3) is 5.56 Å². The monoisotopic (exact) mass is 436 g/mol. The summed E-state index contributed by atoms with van der Waals surface area (Å²) in [5.74, 6) is -1.19. The number of nitrogens with zero attached hydrogens (tertiary/aromatic N) is 1. The van der Waals surface area contributed by atoms with E-state index < -0.39 is 18.0 Å². The molecule has 0 bridgehead atoms. The molecule has 1 unspecified atom stereocenters. The molecule has 1 fully saturated rings. The number of aromatic nitrogens is 1. The van der Waals surface area contributed by atoms with Gasteiger partial charge in [-0.15, -0.1) is 0 Å². The molecule has 164 valence electrons. The van der Waals surface area contributed by atoms with Crippen molar-refractivity contribution in [2.24, 2.45) is 0 Å². The van der Waals surface area contributed by atoms with Crippen LogP contribution in [0.15, 0.2) is 53.5 Å². The zero-order valence-corrected chi connectivity index (χ0v) is 17.3. The molecule has 4 amide bonds. The summed E-state index contributed by atoms with van der Waals surface area (Å²) < 4.78 is 14.7. The number of halogens is 1. The summed E-state index contributed by atoms with van der Waals surface area (Å²) in [5, 5.41) is 8.71. The van der Waals surface area contributed by atoms with E-state index in [-0.39, 0.29) is 36.7 Å². The Hall–Kier alpha value is -4.01. The van der Waals surface area contributed by atoms with Gasteiger partial charge in [-0.3, -0.25) is 19.7 Å². The zero-order chi connectivity index (χ0) is 22.8. The quantitative estimate of drug-likeness (QED) is 0.547. The fourth-order valence-electron chi connectivity index (χ4n) is 3.68. The van der Waals surface area contributed by atoms with Gasteiger partial charge in [0.1, 0.15) is 11.9 Å². The highest BCUT2D eigenvalue weighted by atomic mass is 19.1. The minimum absolute atomic E-state index is 0.161. The predicted octanol–water partition coefficient (Wildman–Crippen LogP) is 2.75. The lowest BCUT2D eigenvalue weighted by Gasteiger charge is -2.23. The van der Waals surface area contributed by atoms with E-state index in [1.165, 1.54) is 22.8 Å². The van der Waals surface area contributed by atoms with Crippen molar-refractivity contribution < 1.29 is 18.8 Å². The zero-order valence-electron chi connectivity index (χ0n) is 17.3. The molecule has 3 N–H and O–H groups in total. The summed E-state index contributed by atoms with van der Waals surface area (Å²) in [6.07, 6.45) is 1.99. The SMILES string of the molecule is Cc1cc(NC(=O)NCc2ccc3ccn(C4CCC(=O)NC4=O)c(=O)c3c2)ccc1F. The van der Waals surface area contributed by atoms with E-state index in [1.54, 1.807) is 37.4 Å². The van der Waals surface area contributed by atoms with Gasteiger partial charge in [-0.1, -0.05) is 12.1 Å². The molecule has 0 saturated carbocycles. The van der Waals surface area contributed by atoms with Crippen molar-refractivity contribution in [2.75, 3.05) is 5.32 Å². The van der Waals surface area contributed by atoms with Crippen LogP contribution in [0.25, 0.3) is 10.8 Å². The molecule has 1 saturated heterocycles. The highest BCUT2D eigenvalue weighted by Crippen LogP contribution is 2.19. The normalized spacial score (nSPS) is 16.0. The largest absolute Gasteiger partial charge is 0.334 e. The Morgan fingerprint density at radius 3 is 2.72 bits per heavy atom. The number of rotatable bonds is 4. The first-order chi connectivity index (χ1) is 15.3. The van der Waals surface area contributed by atoms with Crippen molar-refractivity contribution >= 4 is 34.3 Å². The highest BCUT2D eigenvalue weighted by Gasteiger charge is 2.28. The number of nitrogens with one attached hydrogen (secondary N) is 3. The summed E-state index contributed by atoms with van der Waals surface area (Å²) in [4.78, 5) is 48.7. The van der Waals surface area contributed by atoms with Crippen LogP contribution >= 0.6 is 0 Å². The fraction of sp³-hybridized carbons (Fsp3) is 0.217. The van der Waals surface area contributed by atoms with Crippen LogP contribution < -0.4 is 21.5 Å². The molecule has 4 rings (SSSR count). The van der Waals surface area contributed by atoms with Gasteiger partial charge in [0.2, 0.25) is 11.8 Å². The number of pyridine rings is 1. The highest BCUT2D eigenvalue weighted by molar-refractivity contribution is 5.99. The number of aryl methyl sites for hydroxylation is 1. The van der Waals surface area contributed by atoms with Gasteiger partial charge in [0.15, 0.2) is 0 Å². The number of fused-ring (bicyclic) bond motifs is 1. The van der Waals surface area contributed by atoms with Gasteiger partial charge >= 0.3 is 6.03 Å². The number of urea groups is 1. The van der Waals surface area contributed by atoms with Crippen LogP contribution in [0.1, 0.15) is 30.0 Å². The Bertz CT molecular complexity index is 1300. The lowest BCUT2D eigenvalue weighted by Crippen LogP contribution is -2.44. The number of carbonyl (C=O) groups is 3. The topological polar surface area (TPSA) is 109 Å². The first-order valence-corrected chi connectivity index (χ1v) is 10.1. The second kappa shape index (κ2) is 8.62. The fourth-order valence-corrected chi connectivity index (χ4v) is 3.68. The van der Waals surface area contributed by atoms with Crippen LogP contribution in [-0.4, -0.2) is 22.4 Å². The number of hydrogen-bond donors (Lipinski definition) is 3. The molecule has 1 atom stereocenters. The number of piperidine rings is 1. The van der Waals surface area contributed by atoms with Gasteiger partial charge in [0, 0.05) is 30.2 Å². The molecule has 0 spiro atoms. The maximum absolute atomic E-state index is 13.4. The van der Waals surface area contributed by atoms with E-state index >= 15 is 0 Å². The molecule has 2 heterocycles. The van der Waals surface area contributed by atoms with Gasteiger partial charge < -0.3 is 15.2 Å². The number of anilines is 1. The summed E-state index contributed by atoms with van der Waals surface area (Å²) in [6.45, 7) is 1.77. The summed E-state index contributed by atoms with van der Waals surface area (Å²) in [6, 6.07) is 10.0. The van der Waals surface area contributed by atoms with Crippen LogP contribution in [0.2, 0.25) is 0 Å². The van der Waals surface area contributed by atoms with Crippen molar-refractivity contribution in [1.82, 2.24) is 15.2 Å².